The van der Waals surface area contributed by atoms with Crippen LogP contribution in [0.2, 0.25) is 0 Å². The number of nitrogens with one attached hydrogen (secondary N) is 2. The highest BCUT2D eigenvalue weighted by Crippen LogP contribution is 2.33. The zero-order chi connectivity index (χ0) is 14.0. The van der Waals surface area contributed by atoms with Crippen molar-refractivity contribution >= 4 is 23.0 Å². The SMILES string of the molecule is CN=C1N[C@@H]2[C@@H](O)[C@H](O)[C@@H](COC(=O)NC)O[C@@H]2S1. The van der Waals surface area contributed by atoms with Crippen LogP contribution in [0.4, 0.5) is 4.79 Å². The van der Waals surface area contributed by atoms with Gasteiger partial charge >= 0.3 is 6.09 Å². The first-order valence-electron chi connectivity index (χ1n) is 5.83. The summed E-state index contributed by atoms with van der Waals surface area (Å²) in [6.45, 7) is -0.125. The van der Waals surface area contributed by atoms with Gasteiger partial charge in [0, 0.05) is 14.1 Å². The molecule has 1 amide bonds. The number of nitrogens with zero attached hydrogens (tertiary/aromatic N) is 1. The molecule has 5 atom stereocenters. The molecule has 2 aliphatic heterocycles. The van der Waals surface area contributed by atoms with E-state index in [1.54, 1.807) is 7.05 Å². The summed E-state index contributed by atoms with van der Waals surface area (Å²) in [6, 6.07) is -0.421. The summed E-state index contributed by atoms with van der Waals surface area (Å²) in [5.74, 6) is 0. The van der Waals surface area contributed by atoms with Crippen LogP contribution in [0, 0.1) is 0 Å². The lowest BCUT2D eigenvalue weighted by atomic mass is 9.98. The van der Waals surface area contributed by atoms with Gasteiger partial charge in [0.25, 0.3) is 0 Å². The molecule has 0 radical (unpaired) electrons. The Bertz CT molecular complexity index is 380. The number of thioether (sulfide) groups is 1. The van der Waals surface area contributed by atoms with Crippen LogP contribution in [0.3, 0.4) is 0 Å². The number of fused-ring (bicyclic) bond motifs is 1. The molecule has 4 N–H and O–H groups in total. The predicted molar refractivity (Wildman–Crippen MR) is 69.0 cm³/mol. The van der Waals surface area contributed by atoms with Gasteiger partial charge in [0.2, 0.25) is 0 Å². The third-order valence-electron chi connectivity index (χ3n) is 3.00. The Kier molecular flexibility index (Phi) is 4.50. The standard InChI is InChI=1S/C10H17N3O5S/c1-11-9-13-5-7(15)6(14)4(18-8(5)19-9)3-17-10(16)12-2/h4-8,14-15H,3H2,1-2H3,(H,11,13)(H,12,16)/t4-,5-,6-,7-,8-/m1/s1. The zero-order valence-corrected chi connectivity index (χ0v) is 11.4. The van der Waals surface area contributed by atoms with Gasteiger partial charge in [0.15, 0.2) is 5.17 Å². The van der Waals surface area contributed by atoms with Crippen molar-refractivity contribution in [2.75, 3.05) is 20.7 Å². The maximum Gasteiger partial charge on any atom is 0.406 e. The smallest absolute Gasteiger partial charge is 0.406 e. The van der Waals surface area contributed by atoms with Crippen molar-refractivity contribution in [1.82, 2.24) is 10.6 Å². The van der Waals surface area contributed by atoms with Crippen LogP contribution in [0.5, 0.6) is 0 Å². The largest absolute Gasteiger partial charge is 0.447 e. The number of ether oxygens (including phenoxy) is 2. The van der Waals surface area contributed by atoms with E-state index in [2.05, 4.69) is 15.6 Å². The molecular formula is C10H17N3O5S. The Morgan fingerprint density at radius 1 is 1.58 bits per heavy atom. The lowest BCUT2D eigenvalue weighted by Gasteiger charge is -2.38. The Morgan fingerprint density at radius 2 is 2.32 bits per heavy atom. The van der Waals surface area contributed by atoms with Crippen LogP contribution < -0.4 is 10.6 Å². The van der Waals surface area contributed by atoms with Crippen LogP contribution >= 0.6 is 11.8 Å². The molecule has 2 heterocycles. The topological polar surface area (TPSA) is 112 Å². The number of carbonyl (C=O) groups is 1. The maximum absolute atomic E-state index is 11.0. The molecular weight excluding hydrogens is 274 g/mol. The van der Waals surface area contributed by atoms with E-state index < -0.39 is 30.4 Å². The molecule has 0 bridgehead atoms. The van der Waals surface area contributed by atoms with Gasteiger partial charge in [-0.2, -0.15) is 0 Å². The third kappa shape index (κ3) is 2.94. The second-order valence-electron chi connectivity index (χ2n) is 4.19. The lowest BCUT2D eigenvalue weighted by molar-refractivity contribution is -0.167. The van der Waals surface area contributed by atoms with E-state index >= 15 is 0 Å². The molecule has 0 aromatic rings. The number of carbonyl (C=O) groups excluding carboxylic acids is 1. The van der Waals surface area contributed by atoms with Gasteiger partial charge in [0.1, 0.15) is 30.4 Å². The first kappa shape index (κ1) is 14.4. The number of aliphatic hydroxyl groups excluding tert-OH is 2. The average molecular weight is 291 g/mol. The molecule has 0 aromatic heterocycles. The van der Waals surface area contributed by atoms with E-state index in [4.69, 9.17) is 9.47 Å². The lowest BCUT2D eigenvalue weighted by Crippen LogP contribution is -2.60. The molecule has 0 spiro atoms. The van der Waals surface area contributed by atoms with E-state index in [0.29, 0.717) is 5.17 Å². The first-order valence-corrected chi connectivity index (χ1v) is 6.71. The normalized spacial score (nSPS) is 39.6. The number of amidine groups is 1. The second kappa shape index (κ2) is 5.95. The Labute approximate surface area is 114 Å². The number of alkyl carbamates (subject to hydrolysis) is 1. The summed E-state index contributed by atoms with van der Waals surface area (Å²) in [7, 11) is 3.06. The highest BCUT2D eigenvalue weighted by molar-refractivity contribution is 8.14. The molecule has 0 unspecified atom stereocenters. The third-order valence-corrected chi connectivity index (χ3v) is 4.17. The van der Waals surface area contributed by atoms with E-state index in [-0.39, 0.29) is 12.0 Å². The van der Waals surface area contributed by atoms with Crippen molar-refractivity contribution < 1.29 is 24.5 Å². The summed E-state index contributed by atoms with van der Waals surface area (Å²) in [6.07, 6.45) is -3.52. The Morgan fingerprint density at radius 3 is 2.95 bits per heavy atom. The van der Waals surface area contributed by atoms with Crippen molar-refractivity contribution in [2.45, 2.75) is 29.8 Å². The summed E-state index contributed by atoms with van der Waals surface area (Å²) < 4.78 is 10.5. The van der Waals surface area contributed by atoms with Crippen molar-refractivity contribution in [3.8, 4) is 0 Å². The van der Waals surface area contributed by atoms with Crippen molar-refractivity contribution in [3.63, 3.8) is 0 Å². The molecule has 2 saturated heterocycles. The second-order valence-corrected chi connectivity index (χ2v) is 5.28. The van der Waals surface area contributed by atoms with Gasteiger partial charge in [0.05, 0.1) is 6.04 Å². The fourth-order valence-electron chi connectivity index (χ4n) is 1.96. The highest BCUT2D eigenvalue weighted by atomic mass is 32.2. The van der Waals surface area contributed by atoms with Crippen molar-refractivity contribution in [2.24, 2.45) is 4.99 Å². The number of amides is 1. The molecule has 2 aliphatic rings. The predicted octanol–water partition coefficient (Wildman–Crippen LogP) is -1.52. The quantitative estimate of drug-likeness (QED) is 0.489. The van der Waals surface area contributed by atoms with Gasteiger partial charge in [-0.15, -0.1) is 0 Å². The minimum atomic E-state index is -1.13. The molecule has 108 valence electrons. The molecule has 9 heteroatoms. The van der Waals surface area contributed by atoms with Crippen LogP contribution in [-0.4, -0.2) is 72.0 Å². The van der Waals surface area contributed by atoms with Crippen LogP contribution in [0.25, 0.3) is 0 Å². The summed E-state index contributed by atoms with van der Waals surface area (Å²) in [5, 5.41) is 25.9. The van der Waals surface area contributed by atoms with Gasteiger partial charge in [-0.3, -0.25) is 4.99 Å². The zero-order valence-electron chi connectivity index (χ0n) is 10.6. The van der Waals surface area contributed by atoms with Crippen LogP contribution in [0.1, 0.15) is 0 Å². The average Bonchev–Trinajstić information content (AvgIpc) is 2.84. The molecule has 2 fully saturated rings. The molecule has 19 heavy (non-hydrogen) atoms. The van der Waals surface area contributed by atoms with Crippen LogP contribution in [-0.2, 0) is 9.47 Å². The summed E-state index contributed by atoms with van der Waals surface area (Å²) in [4.78, 5) is 15.0. The molecule has 2 rings (SSSR count). The maximum atomic E-state index is 11.0. The summed E-state index contributed by atoms with van der Waals surface area (Å²) in [5.41, 5.74) is -0.365. The van der Waals surface area contributed by atoms with Crippen molar-refractivity contribution in [3.05, 3.63) is 0 Å². The van der Waals surface area contributed by atoms with E-state index in [9.17, 15) is 15.0 Å². The van der Waals surface area contributed by atoms with Crippen LogP contribution in [0.15, 0.2) is 4.99 Å². The summed E-state index contributed by atoms with van der Waals surface area (Å²) >= 11 is 1.33. The van der Waals surface area contributed by atoms with Gasteiger partial charge < -0.3 is 30.3 Å². The van der Waals surface area contributed by atoms with Gasteiger partial charge in [-0.1, -0.05) is 11.8 Å². The van der Waals surface area contributed by atoms with E-state index in [0.717, 1.165) is 0 Å². The molecule has 0 saturated carbocycles. The van der Waals surface area contributed by atoms with Gasteiger partial charge in [-0.05, 0) is 0 Å². The molecule has 8 nitrogen and oxygen atoms in total. The minimum absolute atomic E-state index is 0.125. The molecule has 0 aromatic carbocycles. The number of aliphatic imine (C=N–C) groups is 1. The number of rotatable bonds is 2. The number of hydrogen-bond donors (Lipinski definition) is 4. The fourth-order valence-corrected chi connectivity index (χ4v) is 3.06. The van der Waals surface area contributed by atoms with E-state index in [1.165, 1.54) is 18.8 Å². The van der Waals surface area contributed by atoms with Crippen molar-refractivity contribution in [1.29, 1.82) is 0 Å². The van der Waals surface area contributed by atoms with Gasteiger partial charge in [-0.25, -0.2) is 4.79 Å². The Hall–Kier alpha value is -1.03. The Balaban J connectivity index is 1.98. The first-order chi connectivity index (χ1) is 9.06. The fraction of sp³-hybridized carbons (Fsp3) is 0.800. The monoisotopic (exact) mass is 291 g/mol. The number of hydrogen-bond acceptors (Lipinski definition) is 7. The van der Waals surface area contributed by atoms with E-state index in [1.807, 2.05) is 0 Å². The number of aliphatic hydroxyl groups is 2. The minimum Gasteiger partial charge on any atom is -0.447 e. The molecule has 0 aliphatic carbocycles. The highest BCUT2D eigenvalue weighted by Gasteiger charge is 2.49.